The largest absolute Gasteiger partial charge is 0.352 e. The Kier molecular flexibility index (Phi) is 4.20. The minimum Gasteiger partial charge on any atom is -0.352 e. The Morgan fingerprint density at radius 1 is 1.48 bits per heavy atom. The molecule has 2 N–H and O–H groups in total. The van der Waals surface area contributed by atoms with Crippen LogP contribution in [0, 0.1) is 0 Å². The monoisotopic (exact) mass is 286 g/mol. The second-order valence-electron chi connectivity index (χ2n) is 5.87. The molecule has 112 valence electrons. The summed E-state index contributed by atoms with van der Waals surface area (Å²) in [5.74, 6) is 0.137. The molecule has 0 saturated carbocycles. The van der Waals surface area contributed by atoms with Gasteiger partial charge in [-0.25, -0.2) is 4.98 Å². The van der Waals surface area contributed by atoms with E-state index in [4.69, 9.17) is 0 Å². The lowest BCUT2D eigenvalue weighted by atomic mass is 10.00. The van der Waals surface area contributed by atoms with E-state index in [9.17, 15) is 4.79 Å². The molecule has 2 heterocycles. The zero-order valence-electron chi connectivity index (χ0n) is 12.4. The molecule has 1 aliphatic heterocycles. The fourth-order valence-electron chi connectivity index (χ4n) is 2.98. The topological polar surface area (TPSA) is 61.0 Å². The Balaban J connectivity index is 1.53. The summed E-state index contributed by atoms with van der Waals surface area (Å²) in [5, 5.41) is 3.02. The van der Waals surface area contributed by atoms with E-state index in [0.29, 0.717) is 19.0 Å². The first-order valence-electron chi connectivity index (χ1n) is 7.61. The average molecular weight is 286 g/mol. The number of hydrogen-bond donors (Lipinski definition) is 2. The maximum absolute atomic E-state index is 12.1. The lowest BCUT2D eigenvalue weighted by Gasteiger charge is -2.31. The van der Waals surface area contributed by atoms with Crippen molar-refractivity contribution in [2.75, 3.05) is 13.6 Å². The van der Waals surface area contributed by atoms with Crippen LogP contribution in [0.4, 0.5) is 0 Å². The number of hydrogen-bond acceptors (Lipinski definition) is 3. The molecule has 0 spiro atoms. The maximum atomic E-state index is 12.1. The molecule has 21 heavy (non-hydrogen) atoms. The summed E-state index contributed by atoms with van der Waals surface area (Å²) in [4.78, 5) is 21.7. The number of carbonyl (C=O) groups is 1. The molecule has 1 saturated heterocycles. The van der Waals surface area contributed by atoms with E-state index >= 15 is 0 Å². The van der Waals surface area contributed by atoms with Crippen molar-refractivity contribution in [2.45, 2.75) is 38.3 Å². The van der Waals surface area contributed by atoms with E-state index in [2.05, 4.69) is 27.2 Å². The van der Waals surface area contributed by atoms with Gasteiger partial charge in [0.25, 0.3) is 0 Å². The van der Waals surface area contributed by atoms with Crippen molar-refractivity contribution >= 4 is 16.9 Å². The van der Waals surface area contributed by atoms with Crippen molar-refractivity contribution in [3.63, 3.8) is 0 Å². The number of rotatable bonds is 4. The Morgan fingerprint density at radius 3 is 3.24 bits per heavy atom. The summed E-state index contributed by atoms with van der Waals surface area (Å²) in [6, 6.07) is 6.42. The third-order valence-corrected chi connectivity index (χ3v) is 4.32. The molecule has 0 aliphatic carbocycles. The van der Waals surface area contributed by atoms with Crippen LogP contribution in [0.25, 0.3) is 11.0 Å². The number of amides is 1. The van der Waals surface area contributed by atoms with Gasteiger partial charge in [-0.15, -0.1) is 0 Å². The second-order valence-corrected chi connectivity index (χ2v) is 5.87. The van der Waals surface area contributed by atoms with Crippen molar-refractivity contribution in [1.29, 1.82) is 0 Å². The molecule has 2 aromatic rings. The first kappa shape index (κ1) is 14.1. The molecule has 1 aromatic heterocycles. The first-order valence-corrected chi connectivity index (χ1v) is 7.61. The average Bonchev–Trinajstić information content (AvgIpc) is 2.95. The lowest BCUT2D eigenvalue weighted by molar-refractivity contribution is -0.122. The molecule has 3 rings (SSSR count). The Hall–Kier alpha value is -1.88. The molecular weight excluding hydrogens is 264 g/mol. The summed E-state index contributed by atoms with van der Waals surface area (Å²) in [6.07, 6.45) is 5.90. The summed E-state index contributed by atoms with van der Waals surface area (Å²) in [7, 11) is 2.11. The smallest absolute Gasteiger partial charge is 0.221 e. The second kappa shape index (κ2) is 6.26. The van der Waals surface area contributed by atoms with E-state index in [1.54, 1.807) is 6.33 Å². The Labute approximate surface area is 124 Å². The van der Waals surface area contributed by atoms with Crippen LogP contribution in [-0.2, 0) is 11.3 Å². The quantitative estimate of drug-likeness (QED) is 0.904. The number of nitrogens with one attached hydrogen (secondary N) is 2. The maximum Gasteiger partial charge on any atom is 0.221 e. The van der Waals surface area contributed by atoms with Gasteiger partial charge in [-0.2, -0.15) is 0 Å². The number of fused-ring (bicyclic) bond motifs is 1. The zero-order valence-corrected chi connectivity index (χ0v) is 12.4. The normalized spacial score (nSPS) is 19.8. The van der Waals surface area contributed by atoms with Crippen LogP contribution in [0.3, 0.4) is 0 Å². The predicted molar refractivity (Wildman–Crippen MR) is 82.8 cm³/mol. The van der Waals surface area contributed by atoms with Crippen LogP contribution in [0.15, 0.2) is 24.5 Å². The minimum atomic E-state index is 0.137. The molecule has 1 aromatic carbocycles. The van der Waals surface area contributed by atoms with Gasteiger partial charge in [0.1, 0.15) is 0 Å². The zero-order chi connectivity index (χ0) is 14.7. The highest BCUT2D eigenvalue weighted by Crippen LogP contribution is 2.17. The number of aromatic amines is 1. The number of imidazole rings is 1. The van der Waals surface area contributed by atoms with Crippen molar-refractivity contribution in [3.05, 3.63) is 30.1 Å². The molecule has 0 radical (unpaired) electrons. The van der Waals surface area contributed by atoms with E-state index in [1.807, 2.05) is 18.2 Å². The molecular formula is C16H22N4O. The van der Waals surface area contributed by atoms with Gasteiger partial charge in [-0.1, -0.05) is 12.5 Å². The highest BCUT2D eigenvalue weighted by Gasteiger charge is 2.21. The third-order valence-electron chi connectivity index (χ3n) is 4.32. The fraction of sp³-hybridized carbons (Fsp3) is 0.500. The molecule has 1 fully saturated rings. The van der Waals surface area contributed by atoms with Crippen LogP contribution < -0.4 is 5.32 Å². The van der Waals surface area contributed by atoms with Crippen LogP contribution in [-0.4, -0.2) is 40.4 Å². The third kappa shape index (κ3) is 3.42. The molecule has 0 bridgehead atoms. The molecule has 1 amide bonds. The molecule has 5 nitrogen and oxygen atoms in total. The number of benzene rings is 1. The number of aromatic nitrogens is 2. The van der Waals surface area contributed by atoms with Gasteiger partial charge in [0, 0.05) is 19.0 Å². The van der Waals surface area contributed by atoms with Gasteiger partial charge in [0.05, 0.1) is 17.4 Å². The number of piperidine rings is 1. The highest BCUT2D eigenvalue weighted by molar-refractivity contribution is 5.77. The van der Waals surface area contributed by atoms with Crippen molar-refractivity contribution in [2.24, 2.45) is 0 Å². The molecule has 1 atom stereocenters. The standard InChI is InChI=1S/C16H22N4O/c1-20-7-3-2-4-13(20)9-16(21)17-10-12-5-6-14-15(8-12)19-11-18-14/h5-6,8,11,13H,2-4,7,9-10H2,1H3,(H,17,21)(H,18,19). The minimum absolute atomic E-state index is 0.137. The summed E-state index contributed by atoms with van der Waals surface area (Å²) in [6.45, 7) is 1.68. The van der Waals surface area contributed by atoms with Gasteiger partial charge in [0.2, 0.25) is 5.91 Å². The van der Waals surface area contributed by atoms with Crippen LogP contribution in [0.5, 0.6) is 0 Å². The number of likely N-dealkylation sites (tertiary alicyclic amines) is 1. The van der Waals surface area contributed by atoms with Crippen LogP contribution in [0.1, 0.15) is 31.2 Å². The van der Waals surface area contributed by atoms with Crippen LogP contribution in [0.2, 0.25) is 0 Å². The van der Waals surface area contributed by atoms with E-state index < -0.39 is 0 Å². The van der Waals surface area contributed by atoms with Crippen molar-refractivity contribution in [1.82, 2.24) is 20.2 Å². The van der Waals surface area contributed by atoms with Gasteiger partial charge >= 0.3 is 0 Å². The fourth-order valence-corrected chi connectivity index (χ4v) is 2.98. The Bertz CT molecular complexity index is 622. The molecule has 1 aliphatic rings. The van der Waals surface area contributed by atoms with E-state index in [0.717, 1.165) is 29.6 Å². The lowest BCUT2D eigenvalue weighted by Crippen LogP contribution is -2.40. The number of H-pyrrole nitrogens is 1. The van der Waals surface area contributed by atoms with Gasteiger partial charge in [0.15, 0.2) is 0 Å². The number of nitrogens with zero attached hydrogens (tertiary/aromatic N) is 2. The van der Waals surface area contributed by atoms with Gasteiger partial charge in [-0.3, -0.25) is 4.79 Å². The van der Waals surface area contributed by atoms with E-state index in [1.165, 1.54) is 12.8 Å². The van der Waals surface area contributed by atoms with E-state index in [-0.39, 0.29) is 5.91 Å². The van der Waals surface area contributed by atoms with Crippen LogP contribution >= 0.6 is 0 Å². The van der Waals surface area contributed by atoms with Gasteiger partial charge in [-0.05, 0) is 44.1 Å². The van der Waals surface area contributed by atoms with Gasteiger partial charge < -0.3 is 15.2 Å². The summed E-state index contributed by atoms with van der Waals surface area (Å²) < 4.78 is 0. The predicted octanol–water partition coefficient (Wildman–Crippen LogP) is 2.05. The first-order chi connectivity index (χ1) is 10.2. The molecule has 1 unspecified atom stereocenters. The number of carbonyl (C=O) groups excluding carboxylic acids is 1. The SMILES string of the molecule is CN1CCCCC1CC(=O)NCc1ccc2nc[nH]c2c1. The van der Waals surface area contributed by atoms with Crippen molar-refractivity contribution in [3.8, 4) is 0 Å². The Morgan fingerprint density at radius 2 is 2.38 bits per heavy atom. The van der Waals surface area contributed by atoms with Crippen molar-refractivity contribution < 1.29 is 4.79 Å². The highest BCUT2D eigenvalue weighted by atomic mass is 16.1. The summed E-state index contributed by atoms with van der Waals surface area (Å²) >= 11 is 0. The molecule has 5 heteroatoms. The summed E-state index contributed by atoms with van der Waals surface area (Å²) in [5.41, 5.74) is 3.06.